The van der Waals surface area contributed by atoms with Crippen molar-refractivity contribution in [3.63, 3.8) is 0 Å². The summed E-state index contributed by atoms with van der Waals surface area (Å²) in [6, 6.07) is 20.0. The quantitative estimate of drug-likeness (QED) is 0.492. The van der Waals surface area contributed by atoms with E-state index in [0.29, 0.717) is 13.1 Å². The number of quaternary nitrogens is 1. The molecule has 7 heteroatoms. The van der Waals surface area contributed by atoms with Gasteiger partial charge in [-0.15, -0.1) is 0 Å². The molecular weight excluding hydrogens is 378 g/mol. The highest BCUT2D eigenvalue weighted by Gasteiger charge is 2.18. The third kappa shape index (κ3) is 5.78. The lowest BCUT2D eigenvalue weighted by atomic mass is 10.1. The van der Waals surface area contributed by atoms with Gasteiger partial charge in [0.25, 0.3) is 5.91 Å². The first-order valence-electron chi connectivity index (χ1n) is 10.1. The van der Waals surface area contributed by atoms with Crippen LogP contribution in [0.5, 0.6) is 0 Å². The number of likely N-dealkylation sites (N-methyl/N-ethyl adjacent to an activating group) is 2. The van der Waals surface area contributed by atoms with E-state index >= 15 is 0 Å². The van der Waals surface area contributed by atoms with Crippen LogP contribution in [-0.2, 0) is 16.1 Å². The van der Waals surface area contributed by atoms with Crippen molar-refractivity contribution >= 4 is 11.8 Å². The van der Waals surface area contributed by atoms with E-state index in [4.69, 9.17) is 5.10 Å². The smallest absolute Gasteiger partial charge is 0.275 e. The second-order valence-corrected chi connectivity index (χ2v) is 7.19. The molecular formula is C23H28N5O2+. The molecule has 0 aliphatic carbocycles. The van der Waals surface area contributed by atoms with Gasteiger partial charge < -0.3 is 15.5 Å². The Morgan fingerprint density at radius 3 is 2.30 bits per heavy atom. The summed E-state index contributed by atoms with van der Waals surface area (Å²) < 4.78 is 1.88. The molecule has 0 aliphatic heterocycles. The van der Waals surface area contributed by atoms with Crippen molar-refractivity contribution in [1.82, 2.24) is 20.4 Å². The van der Waals surface area contributed by atoms with Gasteiger partial charge in [-0.05, 0) is 19.1 Å². The number of aromatic nitrogens is 2. The fourth-order valence-electron chi connectivity index (χ4n) is 3.25. The van der Waals surface area contributed by atoms with Crippen molar-refractivity contribution in [2.45, 2.75) is 13.5 Å². The molecule has 30 heavy (non-hydrogen) atoms. The summed E-state index contributed by atoms with van der Waals surface area (Å²) >= 11 is 0. The SMILES string of the molecule is CCNC(=O)CNC(=O)C[NH+](C)Cc1cn(-c2ccccc2)nc1-c1ccccc1. The van der Waals surface area contributed by atoms with Crippen molar-refractivity contribution < 1.29 is 14.5 Å². The van der Waals surface area contributed by atoms with Gasteiger partial charge >= 0.3 is 0 Å². The Labute approximate surface area is 176 Å². The zero-order valence-electron chi connectivity index (χ0n) is 17.4. The van der Waals surface area contributed by atoms with Gasteiger partial charge in [0.2, 0.25) is 5.91 Å². The lowest BCUT2D eigenvalue weighted by molar-refractivity contribution is -0.885. The molecule has 3 rings (SSSR count). The molecule has 1 atom stereocenters. The van der Waals surface area contributed by atoms with E-state index in [2.05, 4.69) is 10.6 Å². The molecule has 0 fully saturated rings. The highest BCUT2D eigenvalue weighted by Crippen LogP contribution is 2.23. The molecule has 2 aromatic carbocycles. The number of benzene rings is 2. The fraction of sp³-hybridized carbons (Fsp3) is 0.261. The number of rotatable bonds is 9. The summed E-state index contributed by atoms with van der Waals surface area (Å²) in [5, 5.41) is 10.1. The summed E-state index contributed by atoms with van der Waals surface area (Å²) in [5.74, 6) is -0.338. The Morgan fingerprint density at radius 1 is 0.967 bits per heavy atom. The molecule has 0 spiro atoms. The Balaban J connectivity index is 1.73. The lowest BCUT2D eigenvalue weighted by Gasteiger charge is -2.13. The minimum absolute atomic E-state index is 0.00115. The van der Waals surface area contributed by atoms with Crippen LogP contribution in [0.4, 0.5) is 0 Å². The topological polar surface area (TPSA) is 80.5 Å². The predicted octanol–water partition coefficient (Wildman–Crippen LogP) is 0.806. The van der Waals surface area contributed by atoms with Gasteiger partial charge in [-0.1, -0.05) is 48.5 Å². The second-order valence-electron chi connectivity index (χ2n) is 7.19. The Bertz CT molecular complexity index is 970. The van der Waals surface area contributed by atoms with Crippen LogP contribution in [0.2, 0.25) is 0 Å². The highest BCUT2D eigenvalue weighted by molar-refractivity contribution is 5.84. The minimum Gasteiger partial charge on any atom is -0.355 e. The number of carbonyl (C=O) groups excluding carboxylic acids is 2. The number of carbonyl (C=O) groups is 2. The maximum atomic E-state index is 12.2. The number of nitrogens with zero attached hydrogens (tertiary/aromatic N) is 2. The van der Waals surface area contributed by atoms with Gasteiger partial charge in [0.15, 0.2) is 6.54 Å². The van der Waals surface area contributed by atoms with E-state index in [1.165, 1.54) is 0 Å². The number of hydrogen-bond acceptors (Lipinski definition) is 3. The van der Waals surface area contributed by atoms with Crippen molar-refractivity contribution in [2.75, 3.05) is 26.7 Å². The second kappa shape index (κ2) is 10.4. The summed E-state index contributed by atoms with van der Waals surface area (Å²) in [5.41, 5.74) is 3.98. The first kappa shape index (κ1) is 21.3. The summed E-state index contributed by atoms with van der Waals surface area (Å²) in [4.78, 5) is 24.7. The van der Waals surface area contributed by atoms with Gasteiger partial charge in [0, 0.05) is 18.3 Å². The molecule has 0 bridgehead atoms. The molecule has 2 amide bonds. The van der Waals surface area contributed by atoms with Gasteiger partial charge in [0.1, 0.15) is 12.2 Å². The minimum atomic E-state index is -0.181. The van der Waals surface area contributed by atoms with Crippen LogP contribution in [0.25, 0.3) is 16.9 Å². The molecule has 1 heterocycles. The number of amides is 2. The van der Waals surface area contributed by atoms with Crippen molar-refractivity contribution in [3.8, 4) is 16.9 Å². The third-order valence-corrected chi connectivity index (χ3v) is 4.63. The molecule has 1 aromatic heterocycles. The largest absolute Gasteiger partial charge is 0.355 e. The maximum absolute atomic E-state index is 12.2. The molecule has 7 nitrogen and oxygen atoms in total. The van der Waals surface area contributed by atoms with E-state index < -0.39 is 0 Å². The first-order chi connectivity index (χ1) is 14.6. The standard InChI is InChI=1S/C23H27N5O2/c1-3-24-21(29)14-25-22(30)17-27(2)15-19-16-28(20-12-8-5-9-13-20)26-23(19)18-10-6-4-7-11-18/h4-13,16H,3,14-15,17H2,1-2H3,(H,24,29)(H,25,30)/p+1. The molecule has 3 N–H and O–H groups in total. The van der Waals surface area contributed by atoms with Crippen LogP contribution in [0.3, 0.4) is 0 Å². The van der Waals surface area contributed by atoms with E-state index in [1.807, 2.05) is 85.5 Å². The zero-order valence-corrected chi connectivity index (χ0v) is 17.4. The van der Waals surface area contributed by atoms with E-state index in [-0.39, 0.29) is 24.9 Å². The molecule has 0 saturated heterocycles. The van der Waals surface area contributed by atoms with E-state index in [1.54, 1.807) is 0 Å². The van der Waals surface area contributed by atoms with Gasteiger partial charge in [-0.2, -0.15) is 5.10 Å². The van der Waals surface area contributed by atoms with Gasteiger partial charge in [-0.3, -0.25) is 9.59 Å². The Hall–Kier alpha value is -3.45. The lowest BCUT2D eigenvalue weighted by Crippen LogP contribution is -3.08. The zero-order chi connectivity index (χ0) is 21.3. The predicted molar refractivity (Wildman–Crippen MR) is 116 cm³/mol. The van der Waals surface area contributed by atoms with Crippen molar-refractivity contribution in [1.29, 1.82) is 0 Å². The van der Waals surface area contributed by atoms with Crippen LogP contribution in [0.15, 0.2) is 66.9 Å². The van der Waals surface area contributed by atoms with Gasteiger partial charge in [-0.25, -0.2) is 4.68 Å². The van der Waals surface area contributed by atoms with Crippen LogP contribution >= 0.6 is 0 Å². The molecule has 0 radical (unpaired) electrons. The normalized spacial score (nSPS) is 11.7. The summed E-state index contributed by atoms with van der Waals surface area (Å²) in [6.07, 6.45) is 2.02. The first-order valence-corrected chi connectivity index (χ1v) is 10.1. The molecule has 1 unspecified atom stereocenters. The van der Waals surface area contributed by atoms with Gasteiger partial charge in [0.05, 0.1) is 24.8 Å². The maximum Gasteiger partial charge on any atom is 0.275 e. The van der Waals surface area contributed by atoms with Crippen LogP contribution in [0.1, 0.15) is 12.5 Å². The van der Waals surface area contributed by atoms with E-state index in [0.717, 1.165) is 27.4 Å². The van der Waals surface area contributed by atoms with Crippen LogP contribution in [-0.4, -0.2) is 48.3 Å². The monoisotopic (exact) mass is 406 g/mol. The number of para-hydroxylation sites is 1. The highest BCUT2D eigenvalue weighted by atomic mass is 16.2. The molecule has 156 valence electrons. The summed E-state index contributed by atoms with van der Waals surface area (Å²) in [7, 11) is 1.96. The molecule has 0 saturated carbocycles. The molecule has 3 aromatic rings. The Morgan fingerprint density at radius 2 is 1.63 bits per heavy atom. The number of hydrogen-bond donors (Lipinski definition) is 3. The third-order valence-electron chi connectivity index (χ3n) is 4.63. The summed E-state index contributed by atoms with van der Waals surface area (Å²) in [6.45, 7) is 3.29. The van der Waals surface area contributed by atoms with Crippen molar-refractivity contribution in [3.05, 3.63) is 72.4 Å². The fourth-order valence-corrected chi connectivity index (χ4v) is 3.25. The molecule has 0 aliphatic rings. The Kier molecular flexibility index (Phi) is 7.34. The van der Waals surface area contributed by atoms with E-state index in [9.17, 15) is 9.59 Å². The van der Waals surface area contributed by atoms with Crippen molar-refractivity contribution in [2.24, 2.45) is 0 Å². The average Bonchev–Trinajstić information content (AvgIpc) is 3.17. The average molecular weight is 407 g/mol. The van der Waals surface area contributed by atoms with Crippen LogP contribution < -0.4 is 15.5 Å². The number of nitrogens with one attached hydrogen (secondary N) is 3. The van der Waals surface area contributed by atoms with Crippen LogP contribution in [0, 0.1) is 0 Å².